The van der Waals surface area contributed by atoms with E-state index in [-0.39, 0.29) is 12.1 Å². The molecule has 1 heterocycles. The highest BCUT2D eigenvalue weighted by Gasteiger charge is 2.31. The van der Waals surface area contributed by atoms with E-state index in [1.807, 2.05) is 0 Å². The molecule has 0 spiro atoms. The van der Waals surface area contributed by atoms with Gasteiger partial charge in [0, 0.05) is 11.6 Å². The molecule has 0 fully saturated rings. The number of nitrogens with one attached hydrogen (secondary N) is 1. The van der Waals surface area contributed by atoms with Crippen LogP contribution >= 0.6 is 0 Å². The molecule has 0 saturated heterocycles. The van der Waals surface area contributed by atoms with E-state index >= 15 is 0 Å². The van der Waals surface area contributed by atoms with Crippen molar-refractivity contribution in [3.8, 4) is 0 Å². The fraction of sp³-hybridized carbons (Fsp3) is 0.273. The molecule has 1 atom stereocenters. The second-order valence-electron chi connectivity index (χ2n) is 3.83. The van der Waals surface area contributed by atoms with Crippen LogP contribution in [0.2, 0.25) is 0 Å². The largest absolute Gasteiger partial charge is 0.370 e. The maximum Gasteiger partial charge on any atom is 0.164 e. The van der Waals surface area contributed by atoms with Crippen molar-refractivity contribution < 1.29 is 13.9 Å². The van der Waals surface area contributed by atoms with Crippen LogP contribution in [0.4, 0.5) is 8.78 Å². The van der Waals surface area contributed by atoms with Gasteiger partial charge in [0.05, 0.1) is 6.54 Å². The summed E-state index contributed by atoms with van der Waals surface area (Å²) in [5, 5.41) is 16.8. The quantitative estimate of drug-likeness (QED) is 0.785. The summed E-state index contributed by atoms with van der Waals surface area (Å²) in [6, 6.07) is 3.00. The number of hydrogen-bond acceptors (Lipinski definition) is 4. The minimum Gasteiger partial charge on any atom is -0.370 e. The Balaban J connectivity index is 2.36. The Labute approximate surface area is 102 Å². The fourth-order valence-corrected chi connectivity index (χ4v) is 1.67. The summed E-state index contributed by atoms with van der Waals surface area (Å²) in [5.41, 5.74) is -1.74. The van der Waals surface area contributed by atoms with Gasteiger partial charge in [-0.05, 0) is 19.2 Å². The molecular formula is C11H12F2N4O. The van der Waals surface area contributed by atoms with Crippen molar-refractivity contribution in [2.24, 2.45) is 0 Å². The van der Waals surface area contributed by atoms with Gasteiger partial charge in [-0.1, -0.05) is 0 Å². The van der Waals surface area contributed by atoms with Gasteiger partial charge in [-0.15, -0.1) is 0 Å². The Morgan fingerprint density at radius 2 is 2.22 bits per heavy atom. The molecule has 0 aliphatic rings. The Kier molecular flexibility index (Phi) is 3.35. The van der Waals surface area contributed by atoms with Gasteiger partial charge in [0.1, 0.15) is 24.3 Å². The molecule has 0 amide bonds. The highest BCUT2D eigenvalue weighted by molar-refractivity contribution is 5.24. The molecule has 5 nitrogen and oxygen atoms in total. The van der Waals surface area contributed by atoms with Crippen LogP contribution in [-0.4, -0.2) is 26.9 Å². The van der Waals surface area contributed by atoms with E-state index in [4.69, 9.17) is 0 Å². The lowest BCUT2D eigenvalue weighted by atomic mass is 10.0. The highest BCUT2D eigenvalue weighted by atomic mass is 19.1. The van der Waals surface area contributed by atoms with Gasteiger partial charge in [0.25, 0.3) is 0 Å². The summed E-state index contributed by atoms with van der Waals surface area (Å²) in [6.45, 7) is -0.0496. The lowest BCUT2D eigenvalue weighted by Crippen LogP contribution is -2.44. The first-order chi connectivity index (χ1) is 8.55. The molecule has 2 N–H and O–H groups in total. The maximum absolute atomic E-state index is 13.7. The van der Waals surface area contributed by atoms with Crippen molar-refractivity contribution in [3.05, 3.63) is 48.1 Å². The smallest absolute Gasteiger partial charge is 0.164 e. The zero-order chi connectivity index (χ0) is 13.2. The standard InChI is InChI=1S/C11H12F2N4O/c1-14-11(18,5-17-7-15-6-16-17)9-3-2-8(12)4-10(9)13/h2-4,6-7,14,18H,5H2,1H3/t11-/m0/s1. The van der Waals surface area contributed by atoms with Crippen LogP contribution in [0, 0.1) is 11.6 Å². The lowest BCUT2D eigenvalue weighted by Gasteiger charge is -2.28. The number of aliphatic hydroxyl groups is 1. The maximum atomic E-state index is 13.7. The number of likely N-dealkylation sites (N-methyl/N-ethyl adjacent to an activating group) is 1. The average Bonchev–Trinajstić information content (AvgIpc) is 2.81. The summed E-state index contributed by atoms with van der Waals surface area (Å²) < 4.78 is 27.9. The Hall–Kier alpha value is -1.86. The third-order valence-electron chi connectivity index (χ3n) is 2.65. The molecule has 18 heavy (non-hydrogen) atoms. The van der Waals surface area contributed by atoms with Gasteiger partial charge < -0.3 is 5.11 Å². The van der Waals surface area contributed by atoms with Crippen LogP contribution in [0.25, 0.3) is 0 Å². The third-order valence-corrected chi connectivity index (χ3v) is 2.65. The van der Waals surface area contributed by atoms with E-state index in [1.54, 1.807) is 0 Å². The third kappa shape index (κ3) is 2.36. The van der Waals surface area contributed by atoms with Crippen molar-refractivity contribution in [3.63, 3.8) is 0 Å². The van der Waals surface area contributed by atoms with Crippen molar-refractivity contribution in [1.82, 2.24) is 20.1 Å². The molecule has 0 radical (unpaired) electrons. The second kappa shape index (κ2) is 4.79. The molecule has 0 bridgehead atoms. The van der Waals surface area contributed by atoms with Gasteiger partial charge in [-0.25, -0.2) is 18.4 Å². The number of nitrogens with zero attached hydrogens (tertiary/aromatic N) is 3. The van der Waals surface area contributed by atoms with Crippen molar-refractivity contribution in [2.75, 3.05) is 7.05 Å². The van der Waals surface area contributed by atoms with Gasteiger partial charge in [-0.2, -0.15) is 5.10 Å². The van der Waals surface area contributed by atoms with E-state index in [1.165, 1.54) is 30.5 Å². The molecule has 7 heteroatoms. The predicted octanol–water partition coefficient (Wildman–Crippen LogP) is 0.621. The van der Waals surface area contributed by atoms with Crippen LogP contribution < -0.4 is 5.32 Å². The van der Waals surface area contributed by atoms with Gasteiger partial charge in [0.15, 0.2) is 5.72 Å². The van der Waals surface area contributed by atoms with Crippen molar-refractivity contribution in [2.45, 2.75) is 12.3 Å². The Morgan fingerprint density at radius 3 is 2.78 bits per heavy atom. The average molecular weight is 254 g/mol. The SMILES string of the molecule is CN[C@](O)(Cn1cncn1)c1ccc(F)cc1F. The molecular weight excluding hydrogens is 242 g/mol. The minimum absolute atomic E-state index is 0.0496. The van der Waals surface area contributed by atoms with E-state index < -0.39 is 17.4 Å². The molecule has 0 aliphatic heterocycles. The molecule has 0 aliphatic carbocycles. The summed E-state index contributed by atoms with van der Waals surface area (Å²) in [7, 11) is 1.47. The summed E-state index contributed by atoms with van der Waals surface area (Å²) in [5.74, 6) is -1.53. The molecule has 0 unspecified atom stereocenters. The lowest BCUT2D eigenvalue weighted by molar-refractivity contribution is -0.0155. The number of rotatable bonds is 4. The molecule has 2 aromatic rings. The summed E-state index contributed by atoms with van der Waals surface area (Å²) in [6.07, 6.45) is 2.70. The first kappa shape index (κ1) is 12.6. The number of benzene rings is 1. The minimum atomic E-state index is -1.69. The molecule has 2 rings (SSSR count). The Bertz CT molecular complexity index is 532. The van der Waals surface area contributed by atoms with Gasteiger partial charge >= 0.3 is 0 Å². The van der Waals surface area contributed by atoms with Crippen molar-refractivity contribution in [1.29, 1.82) is 0 Å². The van der Waals surface area contributed by atoms with Crippen molar-refractivity contribution >= 4 is 0 Å². The van der Waals surface area contributed by atoms with E-state index in [0.29, 0.717) is 0 Å². The first-order valence-corrected chi connectivity index (χ1v) is 5.24. The first-order valence-electron chi connectivity index (χ1n) is 5.24. The van der Waals surface area contributed by atoms with Gasteiger partial charge in [-0.3, -0.25) is 5.32 Å². The van der Waals surface area contributed by atoms with Crippen LogP contribution in [0.15, 0.2) is 30.9 Å². The zero-order valence-corrected chi connectivity index (χ0v) is 9.64. The number of aromatic nitrogens is 3. The van der Waals surface area contributed by atoms with Gasteiger partial charge in [0.2, 0.25) is 0 Å². The second-order valence-corrected chi connectivity index (χ2v) is 3.83. The summed E-state index contributed by atoms with van der Waals surface area (Å²) in [4.78, 5) is 3.73. The topological polar surface area (TPSA) is 63.0 Å². The zero-order valence-electron chi connectivity index (χ0n) is 9.64. The fourth-order valence-electron chi connectivity index (χ4n) is 1.67. The van der Waals surface area contributed by atoms with Crippen LogP contribution in [0.5, 0.6) is 0 Å². The molecule has 96 valence electrons. The Morgan fingerprint density at radius 1 is 1.44 bits per heavy atom. The van der Waals surface area contributed by atoms with Crippen LogP contribution in [-0.2, 0) is 12.3 Å². The number of halogens is 2. The monoisotopic (exact) mass is 254 g/mol. The normalized spacial score (nSPS) is 14.4. The summed E-state index contributed by atoms with van der Waals surface area (Å²) >= 11 is 0. The van der Waals surface area contributed by atoms with E-state index in [2.05, 4.69) is 15.4 Å². The predicted molar refractivity (Wildman–Crippen MR) is 59.3 cm³/mol. The highest BCUT2D eigenvalue weighted by Crippen LogP contribution is 2.23. The molecule has 1 aromatic carbocycles. The van der Waals surface area contributed by atoms with Crippen LogP contribution in [0.1, 0.15) is 5.56 Å². The van der Waals surface area contributed by atoms with E-state index in [9.17, 15) is 13.9 Å². The molecule has 0 saturated carbocycles. The van der Waals surface area contributed by atoms with Crippen LogP contribution in [0.3, 0.4) is 0 Å². The van der Waals surface area contributed by atoms with E-state index in [0.717, 1.165) is 12.1 Å². The number of hydrogen-bond donors (Lipinski definition) is 2. The molecule has 1 aromatic heterocycles.